The molecular weight excluding hydrogens is 244 g/mol. The second-order valence-corrected chi connectivity index (χ2v) is 6.09. The van der Waals surface area contributed by atoms with Gasteiger partial charge in [0.2, 0.25) is 0 Å². The van der Waals surface area contributed by atoms with E-state index in [1.807, 2.05) is 6.20 Å². The number of nitrogens with one attached hydrogen (secondary N) is 2. The zero-order valence-electron chi connectivity index (χ0n) is 12.4. The van der Waals surface area contributed by atoms with Crippen LogP contribution < -0.4 is 5.32 Å². The Hall–Kier alpha value is -1.96. The van der Waals surface area contributed by atoms with Crippen LogP contribution in [0.3, 0.4) is 0 Å². The Labute approximate surface area is 120 Å². The molecule has 2 aromatic carbocycles. The molecular formula is C18H22N2. The van der Waals surface area contributed by atoms with E-state index in [1.54, 1.807) is 0 Å². The lowest BCUT2D eigenvalue weighted by molar-refractivity contribution is 0.540. The lowest BCUT2D eigenvalue weighted by Crippen LogP contribution is -2.17. The molecule has 0 bridgehead atoms. The molecule has 0 fully saturated rings. The Bertz CT molecular complexity index is 724. The number of aromatic amines is 1. The van der Waals surface area contributed by atoms with Gasteiger partial charge in [0.25, 0.3) is 0 Å². The number of hydrogen-bond acceptors (Lipinski definition) is 1. The highest BCUT2D eigenvalue weighted by atomic mass is 14.9. The molecule has 0 aliphatic carbocycles. The van der Waals surface area contributed by atoms with Crippen molar-refractivity contribution in [2.75, 3.05) is 5.32 Å². The van der Waals surface area contributed by atoms with Crippen molar-refractivity contribution in [1.29, 1.82) is 0 Å². The average molecular weight is 266 g/mol. The van der Waals surface area contributed by atoms with Gasteiger partial charge < -0.3 is 10.3 Å². The number of rotatable bonds is 4. The Morgan fingerprint density at radius 2 is 1.80 bits per heavy atom. The fraction of sp³-hybridized carbons (Fsp3) is 0.333. The summed E-state index contributed by atoms with van der Waals surface area (Å²) in [7, 11) is 0. The van der Waals surface area contributed by atoms with E-state index >= 15 is 0 Å². The van der Waals surface area contributed by atoms with Gasteiger partial charge in [-0.05, 0) is 31.4 Å². The van der Waals surface area contributed by atoms with Crippen molar-refractivity contribution in [3.8, 4) is 0 Å². The highest BCUT2D eigenvalue weighted by Gasteiger charge is 2.10. The maximum absolute atomic E-state index is 3.68. The van der Waals surface area contributed by atoms with Gasteiger partial charge in [-0.3, -0.25) is 0 Å². The molecule has 0 radical (unpaired) electrons. The van der Waals surface area contributed by atoms with Crippen LogP contribution in [0.15, 0.2) is 42.6 Å². The minimum atomic E-state index is 0.481. The van der Waals surface area contributed by atoms with Gasteiger partial charge in [0.15, 0.2) is 0 Å². The minimum absolute atomic E-state index is 0.481. The van der Waals surface area contributed by atoms with Gasteiger partial charge in [-0.15, -0.1) is 0 Å². The van der Waals surface area contributed by atoms with Gasteiger partial charge in [-0.25, -0.2) is 0 Å². The number of benzene rings is 2. The van der Waals surface area contributed by atoms with Crippen LogP contribution in [0.4, 0.5) is 5.69 Å². The molecule has 3 aromatic rings. The molecule has 104 valence electrons. The monoisotopic (exact) mass is 266 g/mol. The van der Waals surface area contributed by atoms with Gasteiger partial charge in [0.05, 0.1) is 5.52 Å². The summed E-state index contributed by atoms with van der Waals surface area (Å²) in [5.74, 6) is 0.708. The number of fused-ring (bicyclic) bond motifs is 3. The third kappa shape index (κ3) is 2.38. The maximum atomic E-state index is 3.68. The predicted octanol–water partition coefficient (Wildman–Crippen LogP) is 5.17. The van der Waals surface area contributed by atoms with E-state index in [1.165, 1.54) is 33.8 Å². The van der Waals surface area contributed by atoms with Crippen molar-refractivity contribution in [3.63, 3.8) is 0 Å². The summed E-state index contributed by atoms with van der Waals surface area (Å²) in [6, 6.07) is 13.5. The molecule has 0 aliphatic rings. The number of anilines is 1. The van der Waals surface area contributed by atoms with E-state index in [9.17, 15) is 0 Å². The van der Waals surface area contributed by atoms with Gasteiger partial charge in [-0.1, -0.05) is 38.1 Å². The molecule has 1 aromatic heterocycles. The highest BCUT2D eigenvalue weighted by molar-refractivity contribution is 6.11. The zero-order chi connectivity index (χ0) is 14.1. The second-order valence-electron chi connectivity index (χ2n) is 6.09. The number of H-pyrrole nitrogens is 1. The Morgan fingerprint density at radius 3 is 2.55 bits per heavy atom. The third-order valence-electron chi connectivity index (χ3n) is 3.79. The molecule has 1 unspecified atom stereocenters. The highest BCUT2D eigenvalue weighted by Crippen LogP contribution is 2.31. The molecule has 3 rings (SSSR count). The Morgan fingerprint density at radius 1 is 1.05 bits per heavy atom. The Kier molecular flexibility index (Phi) is 3.39. The van der Waals surface area contributed by atoms with E-state index in [2.05, 4.69) is 67.5 Å². The summed E-state index contributed by atoms with van der Waals surface area (Å²) in [6.07, 6.45) is 3.19. The standard InChI is InChI=1S/C18H22N2/c1-12(2)10-13(3)20-17-11-14-8-9-19-18(14)16-7-5-4-6-15(16)17/h4-9,11-13,19-20H,10H2,1-3H3. The van der Waals surface area contributed by atoms with Crippen molar-refractivity contribution in [2.45, 2.75) is 33.2 Å². The molecule has 2 heteroatoms. The molecule has 0 amide bonds. The normalized spacial score (nSPS) is 13.2. The molecule has 2 N–H and O–H groups in total. The van der Waals surface area contributed by atoms with Crippen LogP contribution in [0.1, 0.15) is 27.2 Å². The van der Waals surface area contributed by atoms with Crippen LogP contribution in [0.5, 0.6) is 0 Å². The lowest BCUT2D eigenvalue weighted by atomic mass is 10.0. The second kappa shape index (κ2) is 5.20. The maximum Gasteiger partial charge on any atom is 0.0535 e. The van der Waals surface area contributed by atoms with Gasteiger partial charge in [-0.2, -0.15) is 0 Å². The molecule has 0 spiro atoms. The molecule has 2 nitrogen and oxygen atoms in total. The van der Waals surface area contributed by atoms with Crippen molar-refractivity contribution >= 4 is 27.4 Å². The largest absolute Gasteiger partial charge is 0.382 e. The van der Waals surface area contributed by atoms with E-state index in [0.717, 1.165) is 0 Å². The molecule has 0 saturated heterocycles. The fourth-order valence-corrected chi connectivity index (χ4v) is 3.06. The first-order valence-corrected chi connectivity index (χ1v) is 7.40. The fourth-order valence-electron chi connectivity index (χ4n) is 3.06. The van der Waals surface area contributed by atoms with Crippen molar-refractivity contribution in [3.05, 3.63) is 42.6 Å². The Balaban J connectivity index is 2.08. The summed E-state index contributed by atoms with van der Waals surface area (Å²) in [5.41, 5.74) is 2.46. The topological polar surface area (TPSA) is 27.8 Å². The minimum Gasteiger partial charge on any atom is -0.382 e. The first kappa shape index (κ1) is 13.0. The van der Waals surface area contributed by atoms with Crippen LogP contribution in [-0.4, -0.2) is 11.0 Å². The van der Waals surface area contributed by atoms with Gasteiger partial charge in [0.1, 0.15) is 0 Å². The number of hydrogen-bond donors (Lipinski definition) is 2. The summed E-state index contributed by atoms with van der Waals surface area (Å²) < 4.78 is 0. The average Bonchev–Trinajstić information content (AvgIpc) is 2.86. The van der Waals surface area contributed by atoms with E-state index in [-0.39, 0.29) is 0 Å². The molecule has 1 heterocycles. The van der Waals surface area contributed by atoms with Crippen LogP contribution in [0, 0.1) is 5.92 Å². The van der Waals surface area contributed by atoms with Gasteiger partial charge in [0, 0.05) is 34.1 Å². The summed E-state index contributed by atoms with van der Waals surface area (Å²) in [4.78, 5) is 3.35. The van der Waals surface area contributed by atoms with Crippen LogP contribution in [-0.2, 0) is 0 Å². The van der Waals surface area contributed by atoms with Crippen LogP contribution in [0.25, 0.3) is 21.7 Å². The first-order valence-electron chi connectivity index (χ1n) is 7.40. The predicted molar refractivity (Wildman–Crippen MR) is 88.3 cm³/mol. The molecule has 1 atom stereocenters. The third-order valence-corrected chi connectivity index (χ3v) is 3.79. The number of aromatic nitrogens is 1. The van der Waals surface area contributed by atoms with Crippen molar-refractivity contribution < 1.29 is 0 Å². The smallest absolute Gasteiger partial charge is 0.0535 e. The quantitative estimate of drug-likeness (QED) is 0.670. The van der Waals surface area contributed by atoms with E-state index in [0.29, 0.717) is 12.0 Å². The molecule has 0 aliphatic heterocycles. The SMILES string of the molecule is CC(C)CC(C)Nc1cc2cc[nH]c2c2ccccc12. The molecule has 20 heavy (non-hydrogen) atoms. The van der Waals surface area contributed by atoms with Crippen molar-refractivity contribution in [1.82, 2.24) is 4.98 Å². The lowest BCUT2D eigenvalue weighted by Gasteiger charge is -2.19. The zero-order valence-corrected chi connectivity index (χ0v) is 12.4. The summed E-state index contributed by atoms with van der Waals surface area (Å²) in [6.45, 7) is 6.80. The summed E-state index contributed by atoms with van der Waals surface area (Å²) >= 11 is 0. The van der Waals surface area contributed by atoms with Crippen molar-refractivity contribution in [2.24, 2.45) is 5.92 Å². The van der Waals surface area contributed by atoms with E-state index in [4.69, 9.17) is 0 Å². The van der Waals surface area contributed by atoms with Gasteiger partial charge >= 0.3 is 0 Å². The van der Waals surface area contributed by atoms with E-state index < -0.39 is 0 Å². The van der Waals surface area contributed by atoms with Crippen LogP contribution in [0.2, 0.25) is 0 Å². The summed E-state index contributed by atoms with van der Waals surface area (Å²) in [5, 5.41) is 7.53. The molecule has 0 saturated carbocycles. The van der Waals surface area contributed by atoms with Crippen LogP contribution >= 0.6 is 0 Å². The first-order chi connectivity index (χ1) is 9.65.